The van der Waals surface area contributed by atoms with Crippen LogP contribution < -0.4 is 5.32 Å². The molecule has 1 aliphatic carbocycles. The normalized spacial score (nSPS) is 31.2. The number of piperazine rings is 1. The highest BCUT2D eigenvalue weighted by Gasteiger charge is 2.39. The highest BCUT2D eigenvalue weighted by Crippen LogP contribution is 2.37. The number of hydrogen-bond donors (Lipinski definition) is 1. The van der Waals surface area contributed by atoms with Gasteiger partial charge in [-0.05, 0) is 31.1 Å². The molecule has 4 heteroatoms. The number of amides is 2. The number of nitrogens with zero attached hydrogens (tertiary/aromatic N) is 1. The molecule has 2 fully saturated rings. The van der Waals surface area contributed by atoms with Crippen molar-refractivity contribution >= 4 is 11.8 Å². The van der Waals surface area contributed by atoms with E-state index in [2.05, 4.69) is 19.2 Å². The van der Waals surface area contributed by atoms with Crippen LogP contribution in [0.4, 0.5) is 0 Å². The first kappa shape index (κ1) is 14.4. The van der Waals surface area contributed by atoms with Gasteiger partial charge in [0.1, 0.15) is 6.04 Å². The Kier molecular flexibility index (Phi) is 4.16. The lowest BCUT2D eigenvalue weighted by atomic mass is 9.74. The van der Waals surface area contributed by atoms with Gasteiger partial charge in [0.25, 0.3) is 0 Å². The van der Waals surface area contributed by atoms with Gasteiger partial charge in [0.2, 0.25) is 11.8 Å². The molecular weight excluding hydrogens is 240 g/mol. The third kappa shape index (κ3) is 3.28. The summed E-state index contributed by atoms with van der Waals surface area (Å²) < 4.78 is 0. The molecule has 1 saturated heterocycles. The molecule has 0 radical (unpaired) electrons. The fraction of sp³-hybridized carbons (Fsp3) is 0.867. The van der Waals surface area contributed by atoms with E-state index in [0.717, 1.165) is 32.1 Å². The minimum absolute atomic E-state index is 0.00132. The SMILES string of the molecule is CCCC1NC(=O)CN(C2CCCC(C)(C)C2)C1=O. The summed E-state index contributed by atoms with van der Waals surface area (Å²) in [6.07, 6.45) is 6.10. The number of nitrogens with one attached hydrogen (secondary N) is 1. The summed E-state index contributed by atoms with van der Waals surface area (Å²) in [5.74, 6) is 0.130. The van der Waals surface area contributed by atoms with Gasteiger partial charge in [0.15, 0.2) is 0 Å². The second-order valence-electron chi connectivity index (χ2n) is 6.79. The largest absolute Gasteiger partial charge is 0.343 e. The van der Waals surface area contributed by atoms with E-state index in [0.29, 0.717) is 0 Å². The van der Waals surface area contributed by atoms with Crippen LogP contribution in [0.25, 0.3) is 0 Å². The summed E-state index contributed by atoms with van der Waals surface area (Å²) in [5, 5.41) is 2.83. The standard InChI is InChI=1S/C15H26N2O2/c1-4-6-12-14(19)17(10-13(18)16-12)11-7-5-8-15(2,3)9-11/h11-12H,4-10H2,1-3H3,(H,16,18). The molecule has 108 valence electrons. The van der Waals surface area contributed by atoms with Gasteiger partial charge in [0, 0.05) is 6.04 Å². The first-order chi connectivity index (χ1) is 8.93. The van der Waals surface area contributed by atoms with Crippen LogP contribution in [0.3, 0.4) is 0 Å². The van der Waals surface area contributed by atoms with Crippen LogP contribution in [0.1, 0.15) is 59.3 Å². The van der Waals surface area contributed by atoms with E-state index in [-0.39, 0.29) is 35.9 Å². The van der Waals surface area contributed by atoms with Gasteiger partial charge in [-0.15, -0.1) is 0 Å². The second kappa shape index (κ2) is 5.51. The third-order valence-corrected chi connectivity index (χ3v) is 4.43. The van der Waals surface area contributed by atoms with Crippen LogP contribution in [0, 0.1) is 5.41 Å². The van der Waals surface area contributed by atoms with Crippen molar-refractivity contribution in [2.24, 2.45) is 5.41 Å². The summed E-state index contributed by atoms with van der Waals surface area (Å²) in [4.78, 5) is 26.1. The number of rotatable bonds is 3. The first-order valence-electron chi connectivity index (χ1n) is 7.53. The maximum absolute atomic E-state index is 12.5. The Balaban J connectivity index is 2.09. The van der Waals surface area contributed by atoms with Crippen LogP contribution in [-0.2, 0) is 9.59 Å². The van der Waals surface area contributed by atoms with Gasteiger partial charge in [-0.1, -0.05) is 33.6 Å². The van der Waals surface area contributed by atoms with E-state index in [9.17, 15) is 9.59 Å². The Labute approximate surface area is 115 Å². The summed E-state index contributed by atoms with van der Waals surface area (Å²) in [6.45, 7) is 6.82. The maximum Gasteiger partial charge on any atom is 0.245 e. The maximum atomic E-state index is 12.5. The summed E-state index contributed by atoms with van der Waals surface area (Å²) in [7, 11) is 0. The molecule has 2 rings (SSSR count). The van der Waals surface area contributed by atoms with Crippen LogP contribution in [-0.4, -0.2) is 35.3 Å². The molecule has 2 aliphatic rings. The third-order valence-electron chi connectivity index (χ3n) is 4.43. The Hall–Kier alpha value is -1.06. The number of carbonyl (C=O) groups is 2. The average molecular weight is 266 g/mol. The molecule has 0 aromatic rings. The van der Waals surface area contributed by atoms with Gasteiger partial charge >= 0.3 is 0 Å². The summed E-state index contributed by atoms with van der Waals surface area (Å²) in [6, 6.07) is -0.0436. The van der Waals surface area contributed by atoms with Gasteiger partial charge in [-0.3, -0.25) is 9.59 Å². The van der Waals surface area contributed by atoms with Crippen LogP contribution in [0.15, 0.2) is 0 Å². The lowest BCUT2D eigenvalue weighted by Gasteiger charge is -2.44. The fourth-order valence-corrected chi connectivity index (χ4v) is 3.45. The van der Waals surface area contributed by atoms with E-state index in [1.807, 2.05) is 11.8 Å². The molecule has 1 saturated carbocycles. The molecule has 19 heavy (non-hydrogen) atoms. The second-order valence-corrected chi connectivity index (χ2v) is 6.79. The Morgan fingerprint density at radius 3 is 2.74 bits per heavy atom. The van der Waals surface area contributed by atoms with E-state index in [4.69, 9.17) is 0 Å². The number of carbonyl (C=O) groups excluding carboxylic acids is 2. The fourth-order valence-electron chi connectivity index (χ4n) is 3.45. The lowest BCUT2D eigenvalue weighted by molar-refractivity contribution is -0.148. The quantitative estimate of drug-likeness (QED) is 0.850. The lowest BCUT2D eigenvalue weighted by Crippen LogP contribution is -2.61. The van der Waals surface area contributed by atoms with Crippen molar-refractivity contribution in [3.8, 4) is 0 Å². The van der Waals surface area contributed by atoms with Crippen molar-refractivity contribution < 1.29 is 9.59 Å². The van der Waals surface area contributed by atoms with Crippen molar-refractivity contribution in [2.45, 2.75) is 71.4 Å². The van der Waals surface area contributed by atoms with Crippen molar-refractivity contribution in [3.05, 3.63) is 0 Å². The molecule has 0 aromatic heterocycles. The van der Waals surface area contributed by atoms with E-state index < -0.39 is 0 Å². The zero-order chi connectivity index (χ0) is 14.0. The molecule has 0 bridgehead atoms. The predicted molar refractivity (Wildman–Crippen MR) is 74.6 cm³/mol. The van der Waals surface area contributed by atoms with E-state index in [1.165, 1.54) is 6.42 Å². The Morgan fingerprint density at radius 2 is 2.11 bits per heavy atom. The van der Waals surface area contributed by atoms with Gasteiger partial charge in [0.05, 0.1) is 6.54 Å². The van der Waals surface area contributed by atoms with Crippen molar-refractivity contribution in [3.63, 3.8) is 0 Å². The zero-order valence-corrected chi connectivity index (χ0v) is 12.4. The highest BCUT2D eigenvalue weighted by atomic mass is 16.2. The van der Waals surface area contributed by atoms with Crippen LogP contribution in [0.5, 0.6) is 0 Å². The molecule has 0 aromatic carbocycles. The number of hydrogen-bond acceptors (Lipinski definition) is 2. The molecule has 1 N–H and O–H groups in total. The summed E-state index contributed by atoms with van der Waals surface area (Å²) in [5.41, 5.74) is 0.289. The molecular formula is C15H26N2O2. The minimum atomic E-state index is -0.295. The van der Waals surface area contributed by atoms with Crippen LogP contribution >= 0.6 is 0 Å². The van der Waals surface area contributed by atoms with Gasteiger partial charge in [-0.2, -0.15) is 0 Å². The smallest absolute Gasteiger partial charge is 0.245 e. The molecule has 1 aliphatic heterocycles. The topological polar surface area (TPSA) is 49.4 Å². The Morgan fingerprint density at radius 1 is 1.37 bits per heavy atom. The van der Waals surface area contributed by atoms with Crippen LogP contribution in [0.2, 0.25) is 0 Å². The summed E-state index contributed by atoms with van der Waals surface area (Å²) >= 11 is 0. The molecule has 4 nitrogen and oxygen atoms in total. The predicted octanol–water partition coefficient (Wildman–Crippen LogP) is 2.08. The van der Waals surface area contributed by atoms with E-state index >= 15 is 0 Å². The average Bonchev–Trinajstić information content (AvgIpc) is 2.32. The molecule has 2 atom stereocenters. The van der Waals surface area contributed by atoms with Crippen molar-refractivity contribution in [1.29, 1.82) is 0 Å². The molecule has 0 spiro atoms. The van der Waals surface area contributed by atoms with E-state index in [1.54, 1.807) is 0 Å². The molecule has 1 heterocycles. The van der Waals surface area contributed by atoms with Gasteiger partial charge < -0.3 is 10.2 Å². The first-order valence-corrected chi connectivity index (χ1v) is 7.53. The molecule has 2 amide bonds. The van der Waals surface area contributed by atoms with Crippen molar-refractivity contribution in [2.75, 3.05) is 6.54 Å². The highest BCUT2D eigenvalue weighted by molar-refractivity contribution is 5.95. The molecule has 2 unspecified atom stereocenters. The van der Waals surface area contributed by atoms with Crippen molar-refractivity contribution in [1.82, 2.24) is 10.2 Å². The Bertz CT molecular complexity index is 365. The zero-order valence-electron chi connectivity index (χ0n) is 12.4. The van der Waals surface area contributed by atoms with Gasteiger partial charge in [-0.25, -0.2) is 0 Å². The monoisotopic (exact) mass is 266 g/mol. The minimum Gasteiger partial charge on any atom is -0.343 e.